The van der Waals surface area contributed by atoms with Gasteiger partial charge in [0, 0.05) is 17.7 Å². The fourth-order valence-corrected chi connectivity index (χ4v) is 3.21. The van der Waals surface area contributed by atoms with Gasteiger partial charge in [0.25, 0.3) is 5.69 Å². The molecule has 108 valence electrons. The first-order chi connectivity index (χ1) is 9.55. The van der Waals surface area contributed by atoms with E-state index >= 15 is 0 Å². The number of hydrogen-bond acceptors (Lipinski definition) is 5. The Hall–Kier alpha value is -1.53. The minimum absolute atomic E-state index is 0.206. The lowest BCUT2D eigenvalue weighted by Gasteiger charge is -2.15. The fourth-order valence-electron chi connectivity index (χ4n) is 2.37. The lowest BCUT2D eigenvalue weighted by molar-refractivity contribution is -0.385. The van der Waals surface area contributed by atoms with Crippen molar-refractivity contribution in [3.63, 3.8) is 0 Å². The van der Waals surface area contributed by atoms with Crippen LogP contribution in [0.1, 0.15) is 30.8 Å². The molecule has 0 fully saturated rings. The van der Waals surface area contributed by atoms with E-state index in [0.717, 1.165) is 33.8 Å². The molecule has 0 spiro atoms. The summed E-state index contributed by atoms with van der Waals surface area (Å²) in [4.78, 5) is 15.4. The third kappa shape index (κ3) is 3.13. The van der Waals surface area contributed by atoms with Crippen molar-refractivity contribution >= 4 is 27.2 Å². The molecule has 0 bridgehead atoms. The first-order valence-corrected chi connectivity index (χ1v) is 7.64. The minimum atomic E-state index is -0.289. The summed E-state index contributed by atoms with van der Waals surface area (Å²) in [5.74, 6) is 0. The molecule has 2 aromatic rings. The number of hydrogen-bond donors (Lipinski definition) is 1. The van der Waals surface area contributed by atoms with Crippen molar-refractivity contribution in [2.45, 2.75) is 39.7 Å². The van der Waals surface area contributed by atoms with Gasteiger partial charge < -0.3 is 5.32 Å². The maximum atomic E-state index is 11.3. The molecular formula is C14H19N3O2S. The van der Waals surface area contributed by atoms with Crippen LogP contribution in [0, 0.1) is 17.0 Å². The lowest BCUT2D eigenvalue weighted by atomic mass is 10.0. The van der Waals surface area contributed by atoms with Gasteiger partial charge in [-0.2, -0.15) is 0 Å². The average molecular weight is 293 g/mol. The highest BCUT2D eigenvalue weighted by molar-refractivity contribution is 7.18. The monoisotopic (exact) mass is 293 g/mol. The number of nitro benzene ring substituents is 1. The molecule has 0 saturated heterocycles. The Morgan fingerprint density at radius 3 is 2.80 bits per heavy atom. The van der Waals surface area contributed by atoms with Crippen LogP contribution in [0.2, 0.25) is 0 Å². The summed E-state index contributed by atoms with van der Waals surface area (Å²) in [6, 6.07) is 3.79. The molecule has 1 atom stereocenters. The predicted octanol–water partition coefficient (Wildman–Crippen LogP) is 3.44. The topological polar surface area (TPSA) is 68.1 Å². The van der Waals surface area contributed by atoms with Crippen molar-refractivity contribution in [2.75, 3.05) is 6.54 Å². The van der Waals surface area contributed by atoms with E-state index < -0.39 is 0 Å². The first kappa shape index (κ1) is 14.9. The van der Waals surface area contributed by atoms with Gasteiger partial charge >= 0.3 is 0 Å². The van der Waals surface area contributed by atoms with Crippen LogP contribution < -0.4 is 5.32 Å². The molecule has 6 heteroatoms. The predicted molar refractivity (Wildman–Crippen MR) is 82.5 cm³/mol. The molecule has 5 nitrogen and oxygen atoms in total. The second-order valence-electron chi connectivity index (χ2n) is 4.81. The van der Waals surface area contributed by atoms with Crippen molar-refractivity contribution in [1.29, 1.82) is 0 Å². The zero-order valence-corrected chi connectivity index (χ0v) is 12.8. The summed E-state index contributed by atoms with van der Waals surface area (Å²) >= 11 is 1.50. The van der Waals surface area contributed by atoms with Crippen LogP contribution in [0.15, 0.2) is 12.1 Å². The van der Waals surface area contributed by atoms with Gasteiger partial charge in [0.1, 0.15) is 0 Å². The van der Waals surface area contributed by atoms with Gasteiger partial charge in [0.05, 0.1) is 20.1 Å². The normalized spacial score (nSPS) is 12.8. The maximum absolute atomic E-state index is 11.3. The van der Waals surface area contributed by atoms with Crippen molar-refractivity contribution < 1.29 is 4.92 Å². The summed E-state index contributed by atoms with van der Waals surface area (Å²) in [5, 5.41) is 15.6. The van der Waals surface area contributed by atoms with Gasteiger partial charge in [-0.1, -0.05) is 13.8 Å². The standard InChI is InChI=1S/C14H19N3O2S/c1-4-11(15-5-2)6-10-7-12-14(20-9(3)16-12)8-13(10)17(18)19/h7-8,11,15H,4-6H2,1-3H3. The second kappa shape index (κ2) is 6.28. The number of nitro groups is 1. The molecule has 0 amide bonds. The number of nitrogens with zero attached hydrogens (tertiary/aromatic N) is 2. The SMILES string of the molecule is CCNC(CC)Cc1cc2nc(C)sc2cc1[N+](=O)[O-]. The Bertz CT molecular complexity index is 624. The summed E-state index contributed by atoms with van der Waals surface area (Å²) in [7, 11) is 0. The van der Waals surface area contributed by atoms with Gasteiger partial charge in [-0.3, -0.25) is 10.1 Å². The third-order valence-corrected chi connectivity index (χ3v) is 4.28. The number of fused-ring (bicyclic) bond motifs is 1. The van der Waals surface area contributed by atoms with E-state index in [4.69, 9.17) is 0 Å². The number of benzene rings is 1. The smallest absolute Gasteiger partial charge is 0.274 e. The van der Waals surface area contributed by atoms with Gasteiger partial charge in [-0.15, -0.1) is 11.3 Å². The highest BCUT2D eigenvalue weighted by Crippen LogP contribution is 2.30. The van der Waals surface area contributed by atoms with Gasteiger partial charge in [0.2, 0.25) is 0 Å². The molecule has 1 aromatic carbocycles. The number of aryl methyl sites for hydroxylation is 1. The molecule has 1 heterocycles. The molecule has 1 aromatic heterocycles. The Morgan fingerprint density at radius 1 is 1.45 bits per heavy atom. The van der Waals surface area contributed by atoms with Crippen molar-refractivity contribution in [1.82, 2.24) is 10.3 Å². The minimum Gasteiger partial charge on any atom is -0.314 e. The molecular weight excluding hydrogens is 274 g/mol. The van der Waals surface area contributed by atoms with Crippen molar-refractivity contribution in [2.24, 2.45) is 0 Å². The molecule has 0 aliphatic carbocycles. The van der Waals surface area contributed by atoms with Crippen LogP contribution >= 0.6 is 11.3 Å². The molecule has 20 heavy (non-hydrogen) atoms. The van der Waals surface area contributed by atoms with Crippen LogP contribution in [0.5, 0.6) is 0 Å². The molecule has 1 unspecified atom stereocenters. The van der Waals surface area contributed by atoms with Gasteiger partial charge in [-0.25, -0.2) is 4.98 Å². The number of thiazole rings is 1. The van der Waals surface area contributed by atoms with E-state index in [1.165, 1.54) is 11.3 Å². The largest absolute Gasteiger partial charge is 0.314 e. The van der Waals surface area contributed by atoms with Crippen molar-refractivity contribution in [3.8, 4) is 0 Å². The Morgan fingerprint density at radius 2 is 2.20 bits per heavy atom. The fraction of sp³-hybridized carbons (Fsp3) is 0.500. The van der Waals surface area contributed by atoms with E-state index in [1.807, 2.05) is 19.9 Å². The van der Waals surface area contributed by atoms with E-state index in [0.29, 0.717) is 6.42 Å². The van der Waals surface area contributed by atoms with E-state index in [9.17, 15) is 10.1 Å². The van der Waals surface area contributed by atoms with Crippen molar-refractivity contribution in [3.05, 3.63) is 32.8 Å². The quantitative estimate of drug-likeness (QED) is 0.654. The molecule has 0 radical (unpaired) electrons. The first-order valence-electron chi connectivity index (χ1n) is 6.83. The number of aromatic nitrogens is 1. The van der Waals surface area contributed by atoms with Crippen LogP contribution in [0.3, 0.4) is 0 Å². The molecule has 1 N–H and O–H groups in total. The van der Waals surface area contributed by atoms with E-state index in [1.54, 1.807) is 6.07 Å². The summed E-state index contributed by atoms with van der Waals surface area (Å²) in [6.45, 7) is 6.92. The summed E-state index contributed by atoms with van der Waals surface area (Å²) < 4.78 is 0.884. The third-order valence-electron chi connectivity index (χ3n) is 3.34. The summed E-state index contributed by atoms with van der Waals surface area (Å²) in [6.07, 6.45) is 1.60. The highest BCUT2D eigenvalue weighted by Gasteiger charge is 2.19. The van der Waals surface area contributed by atoms with Crippen LogP contribution in [-0.4, -0.2) is 22.5 Å². The maximum Gasteiger partial charge on any atom is 0.274 e. The Balaban J connectivity index is 2.43. The molecule has 0 saturated carbocycles. The zero-order chi connectivity index (χ0) is 14.7. The van der Waals surface area contributed by atoms with E-state index in [-0.39, 0.29) is 16.7 Å². The Labute approximate surface area is 122 Å². The Kier molecular flexibility index (Phi) is 4.67. The molecule has 2 rings (SSSR count). The van der Waals surface area contributed by atoms with Gasteiger partial charge in [0.15, 0.2) is 0 Å². The highest BCUT2D eigenvalue weighted by atomic mass is 32.1. The zero-order valence-electron chi connectivity index (χ0n) is 12.0. The van der Waals surface area contributed by atoms with E-state index in [2.05, 4.69) is 17.2 Å². The number of nitrogens with one attached hydrogen (secondary N) is 1. The van der Waals surface area contributed by atoms with Crippen LogP contribution in [0.25, 0.3) is 10.2 Å². The molecule has 0 aliphatic heterocycles. The van der Waals surface area contributed by atoms with Crippen LogP contribution in [-0.2, 0) is 6.42 Å². The van der Waals surface area contributed by atoms with Crippen LogP contribution in [0.4, 0.5) is 5.69 Å². The van der Waals surface area contributed by atoms with Gasteiger partial charge in [-0.05, 0) is 32.4 Å². The molecule has 0 aliphatic rings. The summed E-state index contributed by atoms with van der Waals surface area (Å²) in [5.41, 5.74) is 1.83. The second-order valence-corrected chi connectivity index (χ2v) is 6.04. The number of likely N-dealkylation sites (N-methyl/N-ethyl adjacent to an activating group) is 1. The lowest BCUT2D eigenvalue weighted by Crippen LogP contribution is -2.30. The average Bonchev–Trinajstić information content (AvgIpc) is 2.76. The number of rotatable bonds is 6.